The summed E-state index contributed by atoms with van der Waals surface area (Å²) in [6.07, 6.45) is 17.5. The number of ketones is 1. The third kappa shape index (κ3) is 4.51. The van der Waals surface area contributed by atoms with Crippen molar-refractivity contribution in [3.63, 3.8) is 0 Å². The fraction of sp³-hybridized carbons (Fsp3) is 0.676. The second kappa shape index (κ2) is 9.68. The maximum Gasteiger partial charge on any atom is 0.181 e. The number of benzene rings is 1. The van der Waals surface area contributed by atoms with E-state index in [9.17, 15) is 4.79 Å². The first-order valence-corrected chi connectivity index (χ1v) is 14.7. The standard InChI is InChI=1S/C34H48O/c1-23(2)10-9-11-24(3)29-16-17-30-28-15-14-27-21-32(35)26(20-25-12-7-6-8-13-25)22-34(27,5)31(28)18-19-33(29,30)4/h6-8,12-13,20-21,23-24,28-31H,9-11,14-19,22H2,1-5H3/b26-20-. The van der Waals surface area contributed by atoms with E-state index in [-0.39, 0.29) is 11.2 Å². The molecule has 0 spiro atoms. The Bertz CT molecular complexity index is 983. The highest BCUT2D eigenvalue weighted by molar-refractivity contribution is 6.08. The number of carbonyl (C=O) groups excluding carboxylic acids is 1. The summed E-state index contributed by atoms with van der Waals surface area (Å²) in [7, 11) is 0. The third-order valence-corrected chi connectivity index (χ3v) is 11.3. The molecule has 0 aliphatic heterocycles. The first kappa shape index (κ1) is 25.0. The maximum atomic E-state index is 13.1. The Morgan fingerprint density at radius 3 is 2.49 bits per heavy atom. The normalized spacial score (nSPS) is 38.6. The van der Waals surface area contributed by atoms with Crippen molar-refractivity contribution in [1.29, 1.82) is 0 Å². The van der Waals surface area contributed by atoms with Crippen molar-refractivity contribution in [3.05, 3.63) is 53.1 Å². The van der Waals surface area contributed by atoms with Crippen molar-refractivity contribution in [2.45, 2.75) is 98.8 Å². The van der Waals surface area contributed by atoms with Gasteiger partial charge in [0.1, 0.15) is 0 Å². The Kier molecular flexibility index (Phi) is 6.92. The van der Waals surface area contributed by atoms with Gasteiger partial charge >= 0.3 is 0 Å². The lowest BCUT2D eigenvalue weighted by atomic mass is 9.46. The van der Waals surface area contributed by atoms with Crippen molar-refractivity contribution in [1.82, 2.24) is 0 Å². The lowest BCUT2D eigenvalue weighted by molar-refractivity contribution is -0.113. The lowest BCUT2D eigenvalue weighted by Gasteiger charge is -2.58. The summed E-state index contributed by atoms with van der Waals surface area (Å²) >= 11 is 0. The minimum absolute atomic E-state index is 0.166. The van der Waals surface area contributed by atoms with E-state index in [1.54, 1.807) is 0 Å². The van der Waals surface area contributed by atoms with Gasteiger partial charge in [0.2, 0.25) is 0 Å². The highest BCUT2D eigenvalue weighted by atomic mass is 16.1. The van der Waals surface area contributed by atoms with Crippen LogP contribution in [0.4, 0.5) is 0 Å². The van der Waals surface area contributed by atoms with Crippen molar-refractivity contribution in [2.75, 3.05) is 0 Å². The van der Waals surface area contributed by atoms with E-state index in [4.69, 9.17) is 0 Å². The number of rotatable bonds is 6. The van der Waals surface area contributed by atoms with Crippen LogP contribution in [0.1, 0.15) is 104 Å². The second-order valence-corrected chi connectivity index (χ2v) is 13.7. The molecule has 1 nitrogen and oxygen atoms in total. The molecule has 1 aromatic carbocycles. The first-order chi connectivity index (χ1) is 16.7. The predicted molar refractivity (Wildman–Crippen MR) is 148 cm³/mol. The summed E-state index contributed by atoms with van der Waals surface area (Å²) in [6, 6.07) is 10.4. The predicted octanol–water partition coefficient (Wildman–Crippen LogP) is 9.29. The SMILES string of the molecule is CC(C)CCCC(C)C1CCC2C3CCC4=CC(=O)/C(=C\c5ccccc5)CC4(C)C3CCC12C. The molecule has 0 aromatic heterocycles. The molecule has 190 valence electrons. The number of hydrogen-bond donors (Lipinski definition) is 0. The van der Waals surface area contributed by atoms with Gasteiger partial charge in [-0.3, -0.25) is 4.79 Å². The minimum atomic E-state index is 0.166. The van der Waals surface area contributed by atoms with Gasteiger partial charge in [0.15, 0.2) is 5.78 Å². The number of fused-ring (bicyclic) bond motifs is 5. The average Bonchev–Trinajstić information content (AvgIpc) is 3.18. The number of carbonyl (C=O) groups is 1. The van der Waals surface area contributed by atoms with Crippen LogP contribution in [0.25, 0.3) is 6.08 Å². The molecule has 5 rings (SSSR count). The molecular formula is C34H48O. The number of allylic oxidation sites excluding steroid dienone is 2. The number of hydrogen-bond acceptors (Lipinski definition) is 1. The summed E-state index contributed by atoms with van der Waals surface area (Å²) in [5.74, 6) is 5.33. The molecule has 3 fully saturated rings. The van der Waals surface area contributed by atoms with Crippen LogP contribution in [0, 0.1) is 46.3 Å². The van der Waals surface area contributed by atoms with Crippen molar-refractivity contribution < 1.29 is 4.79 Å². The Morgan fingerprint density at radius 2 is 1.74 bits per heavy atom. The highest BCUT2D eigenvalue weighted by Crippen LogP contribution is 2.68. The van der Waals surface area contributed by atoms with Gasteiger partial charge in [-0.05, 0) is 109 Å². The van der Waals surface area contributed by atoms with E-state index in [1.165, 1.54) is 56.9 Å². The molecule has 0 radical (unpaired) electrons. The molecule has 1 heteroatoms. The van der Waals surface area contributed by atoms with Crippen LogP contribution in [0.15, 0.2) is 47.6 Å². The molecule has 1 aromatic rings. The van der Waals surface area contributed by atoms with Gasteiger partial charge in [-0.15, -0.1) is 0 Å². The molecule has 4 aliphatic rings. The quantitative estimate of drug-likeness (QED) is 0.377. The van der Waals surface area contributed by atoms with Gasteiger partial charge < -0.3 is 0 Å². The van der Waals surface area contributed by atoms with E-state index in [0.29, 0.717) is 5.41 Å². The topological polar surface area (TPSA) is 17.1 Å². The molecule has 4 aliphatic carbocycles. The molecular weight excluding hydrogens is 424 g/mol. The molecule has 3 saturated carbocycles. The highest BCUT2D eigenvalue weighted by Gasteiger charge is 2.59. The van der Waals surface area contributed by atoms with Crippen molar-refractivity contribution in [2.24, 2.45) is 46.3 Å². The van der Waals surface area contributed by atoms with Gasteiger partial charge in [-0.25, -0.2) is 0 Å². The maximum absolute atomic E-state index is 13.1. The molecule has 0 bridgehead atoms. The van der Waals surface area contributed by atoms with E-state index in [1.807, 2.05) is 0 Å². The molecule has 7 unspecified atom stereocenters. The zero-order chi connectivity index (χ0) is 24.8. The summed E-state index contributed by atoms with van der Waals surface area (Å²) in [4.78, 5) is 13.1. The Morgan fingerprint density at radius 1 is 0.971 bits per heavy atom. The lowest BCUT2D eigenvalue weighted by Crippen LogP contribution is -2.51. The van der Waals surface area contributed by atoms with E-state index in [2.05, 4.69) is 77.1 Å². The summed E-state index contributed by atoms with van der Waals surface area (Å²) in [6.45, 7) is 12.5. The fourth-order valence-corrected chi connectivity index (χ4v) is 9.44. The van der Waals surface area contributed by atoms with Crippen LogP contribution >= 0.6 is 0 Å². The monoisotopic (exact) mass is 472 g/mol. The first-order valence-electron chi connectivity index (χ1n) is 14.7. The van der Waals surface area contributed by atoms with Crippen molar-refractivity contribution in [3.8, 4) is 0 Å². The van der Waals surface area contributed by atoms with Gasteiger partial charge in [0, 0.05) is 5.57 Å². The summed E-state index contributed by atoms with van der Waals surface area (Å²) < 4.78 is 0. The Hall–Kier alpha value is -1.63. The zero-order valence-electron chi connectivity index (χ0n) is 23.0. The van der Waals surface area contributed by atoms with Crippen LogP contribution in [0.2, 0.25) is 0 Å². The smallest absolute Gasteiger partial charge is 0.181 e. The van der Waals surface area contributed by atoms with E-state index < -0.39 is 0 Å². The second-order valence-electron chi connectivity index (χ2n) is 13.7. The molecule has 0 amide bonds. The average molecular weight is 473 g/mol. The third-order valence-electron chi connectivity index (χ3n) is 11.3. The molecule has 0 heterocycles. The Balaban J connectivity index is 1.36. The van der Waals surface area contributed by atoms with Gasteiger partial charge in [-0.2, -0.15) is 0 Å². The van der Waals surface area contributed by atoms with Crippen LogP contribution < -0.4 is 0 Å². The van der Waals surface area contributed by atoms with Gasteiger partial charge in [0.05, 0.1) is 0 Å². The Labute approximate surface area is 214 Å². The van der Waals surface area contributed by atoms with E-state index in [0.717, 1.165) is 59.5 Å². The summed E-state index contributed by atoms with van der Waals surface area (Å²) in [5, 5.41) is 0. The van der Waals surface area contributed by atoms with E-state index >= 15 is 0 Å². The summed E-state index contributed by atoms with van der Waals surface area (Å²) in [5.41, 5.74) is 4.35. The molecule has 0 N–H and O–H groups in total. The fourth-order valence-electron chi connectivity index (χ4n) is 9.44. The van der Waals surface area contributed by atoms with Crippen molar-refractivity contribution >= 4 is 11.9 Å². The molecule has 35 heavy (non-hydrogen) atoms. The minimum Gasteiger partial charge on any atom is -0.290 e. The van der Waals surface area contributed by atoms with Gasteiger partial charge in [0.25, 0.3) is 0 Å². The zero-order valence-corrected chi connectivity index (χ0v) is 23.0. The van der Waals surface area contributed by atoms with Crippen LogP contribution in [-0.4, -0.2) is 5.78 Å². The van der Waals surface area contributed by atoms with Gasteiger partial charge in [-0.1, -0.05) is 89.8 Å². The van der Waals surface area contributed by atoms with Crippen LogP contribution in [0.3, 0.4) is 0 Å². The van der Waals surface area contributed by atoms with Crippen LogP contribution in [-0.2, 0) is 4.79 Å². The van der Waals surface area contributed by atoms with Crippen LogP contribution in [0.5, 0.6) is 0 Å². The molecule has 7 atom stereocenters. The molecule has 0 saturated heterocycles. The largest absolute Gasteiger partial charge is 0.290 e.